The van der Waals surface area contributed by atoms with Gasteiger partial charge in [-0.25, -0.2) is 14.8 Å². The molecule has 0 spiro atoms. The number of para-hydroxylation sites is 1. The van der Waals surface area contributed by atoms with Crippen LogP contribution >= 0.6 is 0 Å². The van der Waals surface area contributed by atoms with Crippen molar-refractivity contribution in [2.45, 2.75) is 6.54 Å². The molecule has 5 heteroatoms. The van der Waals surface area contributed by atoms with E-state index in [2.05, 4.69) is 9.97 Å². The highest BCUT2D eigenvalue weighted by molar-refractivity contribution is 5.94. The maximum absolute atomic E-state index is 11.3. The molecule has 0 aliphatic rings. The van der Waals surface area contributed by atoms with Crippen LogP contribution in [-0.2, 0) is 6.54 Å². The van der Waals surface area contributed by atoms with Gasteiger partial charge in [-0.3, -0.25) is 0 Å². The van der Waals surface area contributed by atoms with E-state index in [1.165, 1.54) is 0 Å². The molecule has 0 unspecified atom stereocenters. The van der Waals surface area contributed by atoms with E-state index in [0.29, 0.717) is 12.4 Å². The van der Waals surface area contributed by atoms with Gasteiger partial charge in [-0.05, 0) is 18.2 Å². The van der Waals surface area contributed by atoms with Gasteiger partial charge >= 0.3 is 5.97 Å². The summed E-state index contributed by atoms with van der Waals surface area (Å²) in [5.74, 6) is -0.363. The largest absolute Gasteiger partial charge is 0.477 e. The number of hydrogen-bond donors (Lipinski definition) is 1. The minimum atomic E-state index is -0.952. The zero-order valence-corrected chi connectivity index (χ0v) is 10.0. The highest BCUT2D eigenvalue weighted by atomic mass is 16.4. The van der Waals surface area contributed by atoms with Crippen LogP contribution in [0.4, 0.5) is 0 Å². The highest BCUT2D eigenvalue weighted by Crippen LogP contribution is 2.20. The maximum Gasteiger partial charge on any atom is 0.352 e. The van der Waals surface area contributed by atoms with Crippen molar-refractivity contribution in [3.8, 4) is 0 Å². The second-order valence-corrected chi connectivity index (χ2v) is 4.14. The lowest BCUT2D eigenvalue weighted by Crippen LogP contribution is -2.11. The third-order valence-corrected chi connectivity index (χ3v) is 2.95. The maximum atomic E-state index is 11.3. The molecule has 5 nitrogen and oxygen atoms in total. The van der Waals surface area contributed by atoms with E-state index in [1.807, 2.05) is 24.3 Å². The molecule has 0 saturated heterocycles. The molecule has 1 N–H and O–H groups in total. The van der Waals surface area contributed by atoms with Gasteiger partial charge in [0.15, 0.2) is 0 Å². The van der Waals surface area contributed by atoms with Gasteiger partial charge in [-0.1, -0.05) is 18.2 Å². The van der Waals surface area contributed by atoms with Crippen molar-refractivity contribution in [3.63, 3.8) is 0 Å². The molecule has 0 amide bonds. The Morgan fingerprint density at radius 2 is 1.89 bits per heavy atom. The molecule has 1 aromatic carbocycles. The number of benzene rings is 1. The second kappa shape index (κ2) is 4.53. The van der Waals surface area contributed by atoms with Crippen LogP contribution < -0.4 is 0 Å². The van der Waals surface area contributed by atoms with Crippen molar-refractivity contribution in [2.24, 2.45) is 0 Å². The summed E-state index contributed by atoms with van der Waals surface area (Å²) < 4.78 is 1.72. The lowest BCUT2D eigenvalue weighted by atomic mass is 10.2. The Hall–Kier alpha value is -2.69. The van der Waals surface area contributed by atoms with E-state index < -0.39 is 5.97 Å². The molecule has 3 rings (SSSR count). The summed E-state index contributed by atoms with van der Waals surface area (Å²) in [7, 11) is 0. The minimum absolute atomic E-state index is 0.244. The van der Waals surface area contributed by atoms with Crippen molar-refractivity contribution >= 4 is 16.9 Å². The van der Waals surface area contributed by atoms with Gasteiger partial charge in [-0.2, -0.15) is 0 Å². The Labute approximate surface area is 109 Å². The Morgan fingerprint density at radius 3 is 2.63 bits per heavy atom. The van der Waals surface area contributed by atoms with Crippen LogP contribution in [0.1, 0.15) is 16.3 Å². The summed E-state index contributed by atoms with van der Waals surface area (Å²) in [5, 5.41) is 10.2. The van der Waals surface area contributed by atoms with Gasteiger partial charge in [0.1, 0.15) is 11.5 Å². The summed E-state index contributed by atoms with van der Waals surface area (Å²) >= 11 is 0. The predicted octanol–water partition coefficient (Wildman–Crippen LogP) is 2.18. The average molecular weight is 253 g/mol. The summed E-state index contributed by atoms with van der Waals surface area (Å²) in [5.41, 5.74) is 1.11. The van der Waals surface area contributed by atoms with E-state index in [4.69, 9.17) is 0 Å². The molecule has 0 atom stereocenters. The number of aromatic carboxylic acids is 1. The standard InChI is InChI=1S/C14H11N3O2/c18-14(19)12-8-10-4-1-2-5-11(10)17(12)9-13-15-6-3-7-16-13/h1-8H,9H2,(H,18,19). The Bertz CT molecular complexity index is 735. The van der Waals surface area contributed by atoms with Gasteiger partial charge in [0.05, 0.1) is 6.54 Å². The van der Waals surface area contributed by atoms with E-state index >= 15 is 0 Å². The van der Waals surface area contributed by atoms with Crippen molar-refractivity contribution in [2.75, 3.05) is 0 Å². The van der Waals surface area contributed by atoms with Gasteiger partial charge in [0.2, 0.25) is 0 Å². The van der Waals surface area contributed by atoms with Gasteiger partial charge in [-0.15, -0.1) is 0 Å². The number of carbonyl (C=O) groups is 1. The fraction of sp³-hybridized carbons (Fsp3) is 0.0714. The van der Waals surface area contributed by atoms with Crippen molar-refractivity contribution in [1.29, 1.82) is 0 Å². The monoisotopic (exact) mass is 253 g/mol. The van der Waals surface area contributed by atoms with E-state index in [0.717, 1.165) is 10.9 Å². The molecule has 94 valence electrons. The molecule has 0 aliphatic carbocycles. The molecule has 0 bridgehead atoms. The summed E-state index contributed by atoms with van der Waals surface area (Å²) in [6, 6.07) is 11.0. The summed E-state index contributed by atoms with van der Waals surface area (Å²) in [4.78, 5) is 19.6. The molecule has 19 heavy (non-hydrogen) atoms. The van der Waals surface area contributed by atoms with E-state index in [-0.39, 0.29) is 5.69 Å². The van der Waals surface area contributed by atoms with Crippen LogP contribution in [0.25, 0.3) is 10.9 Å². The molecule has 2 heterocycles. The lowest BCUT2D eigenvalue weighted by molar-refractivity contribution is 0.0686. The number of nitrogens with zero attached hydrogens (tertiary/aromatic N) is 3. The fourth-order valence-corrected chi connectivity index (χ4v) is 2.11. The van der Waals surface area contributed by atoms with Crippen LogP contribution in [0.2, 0.25) is 0 Å². The fourth-order valence-electron chi connectivity index (χ4n) is 2.11. The van der Waals surface area contributed by atoms with Crippen LogP contribution in [0.15, 0.2) is 48.8 Å². The van der Waals surface area contributed by atoms with Crippen molar-refractivity contribution < 1.29 is 9.90 Å². The number of rotatable bonds is 3. The van der Waals surface area contributed by atoms with Gasteiger partial charge in [0.25, 0.3) is 0 Å². The van der Waals surface area contributed by atoms with Crippen molar-refractivity contribution in [1.82, 2.24) is 14.5 Å². The second-order valence-electron chi connectivity index (χ2n) is 4.14. The summed E-state index contributed by atoms with van der Waals surface area (Å²) in [6.45, 7) is 0.343. The Morgan fingerprint density at radius 1 is 1.16 bits per heavy atom. The third-order valence-electron chi connectivity index (χ3n) is 2.95. The Balaban J connectivity index is 2.15. The SMILES string of the molecule is O=C(O)c1cc2ccccc2n1Cc1ncccn1. The summed E-state index contributed by atoms with van der Waals surface area (Å²) in [6.07, 6.45) is 3.29. The number of carboxylic acids is 1. The predicted molar refractivity (Wildman–Crippen MR) is 70.0 cm³/mol. The molecule has 0 fully saturated rings. The minimum Gasteiger partial charge on any atom is -0.477 e. The first-order valence-corrected chi connectivity index (χ1v) is 5.83. The number of hydrogen-bond acceptors (Lipinski definition) is 3. The number of fused-ring (bicyclic) bond motifs is 1. The van der Waals surface area contributed by atoms with Crippen molar-refractivity contribution in [3.05, 3.63) is 60.3 Å². The molecular weight excluding hydrogens is 242 g/mol. The molecule has 0 saturated carbocycles. The molecular formula is C14H11N3O2. The van der Waals surface area contributed by atoms with Crippen LogP contribution in [0.5, 0.6) is 0 Å². The molecule has 0 aliphatic heterocycles. The van der Waals surface area contributed by atoms with Crippen LogP contribution in [0, 0.1) is 0 Å². The average Bonchev–Trinajstić information content (AvgIpc) is 2.79. The first-order chi connectivity index (χ1) is 9.25. The lowest BCUT2D eigenvalue weighted by Gasteiger charge is -2.06. The zero-order valence-electron chi connectivity index (χ0n) is 10.0. The third kappa shape index (κ3) is 2.06. The van der Waals surface area contributed by atoms with Gasteiger partial charge in [0, 0.05) is 23.3 Å². The number of carboxylic acid groups (broad SMARTS) is 1. The highest BCUT2D eigenvalue weighted by Gasteiger charge is 2.15. The van der Waals surface area contributed by atoms with E-state index in [1.54, 1.807) is 29.1 Å². The zero-order chi connectivity index (χ0) is 13.2. The van der Waals surface area contributed by atoms with Gasteiger partial charge < -0.3 is 9.67 Å². The molecule has 2 aromatic heterocycles. The van der Waals surface area contributed by atoms with Crippen LogP contribution in [0.3, 0.4) is 0 Å². The Kier molecular flexibility index (Phi) is 2.72. The first kappa shape index (κ1) is 11.4. The molecule has 3 aromatic rings. The van der Waals surface area contributed by atoms with E-state index in [9.17, 15) is 9.90 Å². The quantitative estimate of drug-likeness (QED) is 0.776. The molecule has 0 radical (unpaired) electrons. The first-order valence-electron chi connectivity index (χ1n) is 5.83. The normalized spacial score (nSPS) is 10.7. The van der Waals surface area contributed by atoms with Crippen LogP contribution in [-0.4, -0.2) is 25.6 Å². The topological polar surface area (TPSA) is 68.0 Å². The number of aromatic nitrogens is 3. The smallest absolute Gasteiger partial charge is 0.352 e.